The first-order valence-electron chi connectivity index (χ1n) is 13.2. The average molecular weight is 533 g/mol. The Hall–Kier alpha value is -5.12. The van der Waals surface area contributed by atoms with Crippen molar-refractivity contribution in [3.05, 3.63) is 111 Å². The van der Waals surface area contributed by atoms with Crippen LogP contribution in [0.4, 0.5) is 0 Å². The van der Waals surface area contributed by atoms with Crippen molar-refractivity contribution < 1.29 is 0 Å². The van der Waals surface area contributed by atoms with Crippen molar-refractivity contribution in [2.45, 2.75) is 39.8 Å². The van der Waals surface area contributed by atoms with Crippen LogP contribution < -0.4 is 11.2 Å². The minimum atomic E-state index is -0.393. The van der Waals surface area contributed by atoms with Gasteiger partial charge in [-0.05, 0) is 41.0 Å². The average Bonchev–Trinajstić information content (AvgIpc) is 3.64. The van der Waals surface area contributed by atoms with Crippen LogP contribution in [0, 0.1) is 0 Å². The number of hydrogen-bond acceptors (Lipinski definition) is 6. The number of rotatable bonds is 7. The minimum absolute atomic E-state index is 0.0403. The van der Waals surface area contributed by atoms with E-state index in [1.165, 1.54) is 4.57 Å². The molecule has 0 unspecified atom stereocenters. The van der Waals surface area contributed by atoms with Gasteiger partial charge >= 0.3 is 5.69 Å². The molecule has 0 aliphatic carbocycles. The molecule has 0 aliphatic rings. The summed E-state index contributed by atoms with van der Waals surface area (Å²) in [5.41, 5.74) is 4.48. The van der Waals surface area contributed by atoms with Crippen molar-refractivity contribution in [2.24, 2.45) is 0 Å². The Balaban J connectivity index is 1.47. The van der Waals surface area contributed by atoms with Gasteiger partial charge in [0.2, 0.25) is 5.82 Å². The van der Waals surface area contributed by atoms with Gasteiger partial charge in [-0.1, -0.05) is 80.6 Å². The van der Waals surface area contributed by atoms with Crippen molar-refractivity contribution in [3.63, 3.8) is 0 Å². The van der Waals surface area contributed by atoms with E-state index >= 15 is 0 Å². The molecule has 10 nitrogen and oxygen atoms in total. The number of imidazole rings is 1. The Morgan fingerprint density at radius 1 is 0.850 bits per heavy atom. The molecule has 0 aliphatic heterocycles. The van der Waals surface area contributed by atoms with Crippen molar-refractivity contribution in [3.8, 4) is 28.2 Å². The lowest BCUT2D eigenvalue weighted by Crippen LogP contribution is -2.39. The lowest BCUT2D eigenvalue weighted by Gasteiger charge is -2.14. The Morgan fingerprint density at radius 3 is 2.20 bits per heavy atom. The summed E-state index contributed by atoms with van der Waals surface area (Å²) in [6.07, 6.45) is 0. The number of nitrogens with zero attached hydrogens (tertiary/aromatic N) is 7. The molecule has 0 amide bonds. The highest BCUT2D eigenvalue weighted by atomic mass is 16.2. The number of aromatic amines is 1. The predicted octanol–water partition coefficient (Wildman–Crippen LogP) is 4.39. The number of aromatic nitrogens is 8. The molecule has 1 N–H and O–H groups in total. The summed E-state index contributed by atoms with van der Waals surface area (Å²) >= 11 is 0. The van der Waals surface area contributed by atoms with E-state index in [0.29, 0.717) is 35.8 Å². The number of para-hydroxylation sites is 1. The summed E-state index contributed by atoms with van der Waals surface area (Å²) in [6, 6.07) is 25.1. The maximum atomic E-state index is 13.9. The first-order valence-corrected chi connectivity index (χ1v) is 13.2. The Morgan fingerprint density at radius 2 is 1.55 bits per heavy atom. The van der Waals surface area contributed by atoms with Gasteiger partial charge in [0.1, 0.15) is 5.82 Å². The molecular weight excluding hydrogens is 504 g/mol. The third kappa shape index (κ3) is 4.23. The molecule has 6 rings (SSSR count). The van der Waals surface area contributed by atoms with E-state index in [-0.39, 0.29) is 11.5 Å². The van der Waals surface area contributed by atoms with Gasteiger partial charge in [0.05, 0.1) is 5.69 Å². The fourth-order valence-electron chi connectivity index (χ4n) is 5.13. The molecule has 0 saturated heterocycles. The van der Waals surface area contributed by atoms with Crippen LogP contribution >= 0.6 is 0 Å². The molecule has 0 fully saturated rings. The second-order valence-electron chi connectivity index (χ2n) is 9.86. The van der Waals surface area contributed by atoms with Gasteiger partial charge < -0.3 is 4.57 Å². The highest BCUT2D eigenvalue weighted by Gasteiger charge is 2.23. The van der Waals surface area contributed by atoms with E-state index in [0.717, 1.165) is 28.1 Å². The van der Waals surface area contributed by atoms with Gasteiger partial charge in [0.25, 0.3) is 5.56 Å². The van der Waals surface area contributed by atoms with E-state index in [4.69, 9.17) is 4.98 Å². The molecule has 0 radical (unpaired) electrons. The lowest BCUT2D eigenvalue weighted by atomic mass is 9.98. The van der Waals surface area contributed by atoms with Crippen LogP contribution in [0.3, 0.4) is 0 Å². The number of aryl methyl sites for hydroxylation is 1. The monoisotopic (exact) mass is 532 g/mol. The molecule has 3 aromatic heterocycles. The zero-order valence-corrected chi connectivity index (χ0v) is 22.4. The Kier molecular flexibility index (Phi) is 6.43. The fraction of sp³-hybridized carbons (Fsp3) is 0.200. The number of nitrogens with one attached hydrogen (secondary N) is 1. The minimum Gasteiger partial charge on any atom is -0.317 e. The molecule has 200 valence electrons. The maximum Gasteiger partial charge on any atom is 0.337 e. The van der Waals surface area contributed by atoms with Crippen molar-refractivity contribution >= 4 is 11.2 Å². The van der Waals surface area contributed by atoms with Crippen LogP contribution in [-0.2, 0) is 13.1 Å². The smallest absolute Gasteiger partial charge is 0.317 e. The Labute approximate surface area is 229 Å². The topological polar surface area (TPSA) is 116 Å². The number of fused-ring (bicyclic) bond motifs is 1. The fourth-order valence-corrected chi connectivity index (χ4v) is 5.13. The molecule has 0 bridgehead atoms. The van der Waals surface area contributed by atoms with E-state index in [9.17, 15) is 9.59 Å². The van der Waals surface area contributed by atoms with E-state index in [1.54, 1.807) is 16.7 Å². The van der Waals surface area contributed by atoms with Crippen molar-refractivity contribution in [2.75, 3.05) is 0 Å². The van der Waals surface area contributed by atoms with Gasteiger partial charge in [-0.2, -0.15) is 5.21 Å². The van der Waals surface area contributed by atoms with Gasteiger partial charge in [-0.15, -0.1) is 10.2 Å². The molecule has 6 aromatic rings. The third-order valence-electron chi connectivity index (χ3n) is 7.03. The normalized spacial score (nSPS) is 11.5. The SMILES string of the molecule is CCn1c(=O)n(-c2ccccc2)c(=O)c2c1nc(C(C)C)n2Cc1ccc(-c2ccccc2-c2nn[nH]n2)cc1. The molecule has 0 atom stereocenters. The summed E-state index contributed by atoms with van der Waals surface area (Å²) in [6.45, 7) is 6.80. The van der Waals surface area contributed by atoms with Crippen LogP contribution in [0.15, 0.2) is 88.5 Å². The summed E-state index contributed by atoms with van der Waals surface area (Å²) < 4.78 is 4.77. The van der Waals surface area contributed by atoms with E-state index < -0.39 is 5.69 Å². The van der Waals surface area contributed by atoms with Gasteiger partial charge in [0.15, 0.2) is 11.2 Å². The first kappa shape index (κ1) is 25.2. The summed E-state index contributed by atoms with van der Waals surface area (Å²) in [4.78, 5) is 32.2. The van der Waals surface area contributed by atoms with E-state index in [2.05, 4.69) is 20.6 Å². The highest BCUT2D eigenvalue weighted by Crippen LogP contribution is 2.30. The molecule has 0 spiro atoms. The highest BCUT2D eigenvalue weighted by molar-refractivity contribution is 5.80. The zero-order valence-electron chi connectivity index (χ0n) is 22.4. The maximum absolute atomic E-state index is 13.9. The second kappa shape index (κ2) is 10.2. The van der Waals surface area contributed by atoms with Crippen molar-refractivity contribution in [1.29, 1.82) is 0 Å². The Bertz CT molecular complexity index is 1920. The number of hydrogen-bond donors (Lipinski definition) is 1. The third-order valence-corrected chi connectivity index (χ3v) is 7.03. The van der Waals surface area contributed by atoms with Gasteiger partial charge in [-0.3, -0.25) is 9.36 Å². The lowest BCUT2D eigenvalue weighted by molar-refractivity contribution is 0.679. The summed E-state index contributed by atoms with van der Waals surface area (Å²) in [7, 11) is 0. The summed E-state index contributed by atoms with van der Waals surface area (Å²) in [5, 5.41) is 14.5. The largest absolute Gasteiger partial charge is 0.337 e. The van der Waals surface area contributed by atoms with Crippen LogP contribution in [0.5, 0.6) is 0 Å². The zero-order chi connectivity index (χ0) is 27.8. The van der Waals surface area contributed by atoms with Crippen LogP contribution in [0.25, 0.3) is 39.4 Å². The van der Waals surface area contributed by atoms with Crippen LogP contribution in [0.2, 0.25) is 0 Å². The first-order chi connectivity index (χ1) is 19.5. The van der Waals surface area contributed by atoms with E-state index in [1.807, 2.05) is 92.1 Å². The molecule has 40 heavy (non-hydrogen) atoms. The molecular formula is C30H28N8O2. The quantitative estimate of drug-likeness (QED) is 0.326. The van der Waals surface area contributed by atoms with Crippen LogP contribution in [0.1, 0.15) is 38.1 Å². The summed E-state index contributed by atoms with van der Waals surface area (Å²) in [5.74, 6) is 1.33. The van der Waals surface area contributed by atoms with Gasteiger partial charge in [-0.25, -0.2) is 14.3 Å². The standard InChI is InChI=1S/C30H28N8O2/c1-4-36-28-25(29(39)38(30(36)40)22-10-6-5-7-11-22)37(27(31-28)19(2)3)18-20-14-16-21(17-15-20)23-12-8-9-13-24(23)26-32-34-35-33-26/h5-17,19H,4,18H2,1-3H3,(H,32,33,34,35). The molecule has 3 aromatic carbocycles. The number of H-pyrrole nitrogens is 1. The molecule has 10 heteroatoms. The number of tetrazole rings is 1. The predicted molar refractivity (Wildman–Crippen MR) is 154 cm³/mol. The van der Waals surface area contributed by atoms with Crippen LogP contribution in [-0.4, -0.2) is 39.3 Å². The number of benzene rings is 3. The van der Waals surface area contributed by atoms with Gasteiger partial charge in [0, 0.05) is 24.6 Å². The molecule has 0 saturated carbocycles. The van der Waals surface area contributed by atoms with Crippen molar-refractivity contribution in [1.82, 2.24) is 39.3 Å². The molecule has 3 heterocycles. The second-order valence-corrected chi connectivity index (χ2v) is 9.86.